The maximum atomic E-state index is 12.7. The second kappa shape index (κ2) is 5.55. The summed E-state index contributed by atoms with van der Waals surface area (Å²) in [6, 6.07) is 3.00. The fraction of sp³-hybridized carbons (Fsp3) is 0.500. The molecule has 0 bridgehead atoms. The van der Waals surface area contributed by atoms with Gasteiger partial charge in [-0.3, -0.25) is 4.79 Å². The molecule has 1 N–H and O–H groups in total. The van der Waals surface area contributed by atoms with E-state index in [2.05, 4.69) is 0 Å². The van der Waals surface area contributed by atoms with Crippen LogP contribution in [0.2, 0.25) is 0 Å². The first-order valence-corrected chi connectivity index (χ1v) is 6.43. The number of halogens is 3. The topological polar surface area (TPSA) is 55.8 Å². The van der Waals surface area contributed by atoms with E-state index in [1.54, 1.807) is 0 Å². The first-order chi connectivity index (χ1) is 9.72. The molecule has 1 aromatic rings. The molecule has 1 unspecified atom stereocenters. The Labute approximate surface area is 119 Å². The van der Waals surface area contributed by atoms with Gasteiger partial charge < -0.3 is 14.6 Å². The molecule has 0 saturated carbocycles. The van der Waals surface area contributed by atoms with Crippen LogP contribution in [-0.4, -0.2) is 24.3 Å². The largest absolute Gasteiger partial charge is 0.493 e. The third kappa shape index (κ3) is 3.47. The number of rotatable bonds is 3. The average Bonchev–Trinajstić information content (AvgIpc) is 2.37. The van der Waals surface area contributed by atoms with Crippen molar-refractivity contribution in [3.05, 3.63) is 29.3 Å². The zero-order valence-corrected chi connectivity index (χ0v) is 11.4. The minimum atomic E-state index is -4.47. The van der Waals surface area contributed by atoms with Gasteiger partial charge in [-0.2, -0.15) is 13.2 Å². The predicted octanol–water partition coefficient (Wildman–Crippen LogP) is 2.63. The van der Waals surface area contributed by atoms with Gasteiger partial charge in [0.15, 0.2) is 0 Å². The summed E-state index contributed by atoms with van der Waals surface area (Å²) in [5.74, 6) is -0.459. The molecule has 116 valence electrons. The lowest BCUT2D eigenvalue weighted by molar-refractivity contribution is -0.143. The van der Waals surface area contributed by atoms with E-state index < -0.39 is 23.3 Å². The van der Waals surface area contributed by atoms with Crippen LogP contribution in [0.1, 0.15) is 30.9 Å². The number of benzene rings is 1. The highest BCUT2D eigenvalue weighted by atomic mass is 19.4. The van der Waals surface area contributed by atoms with Crippen LogP contribution in [0.15, 0.2) is 18.2 Å². The van der Waals surface area contributed by atoms with E-state index in [-0.39, 0.29) is 37.4 Å². The van der Waals surface area contributed by atoms with Gasteiger partial charge >= 0.3 is 12.1 Å². The zero-order chi connectivity index (χ0) is 15.7. The van der Waals surface area contributed by atoms with E-state index in [1.807, 2.05) is 0 Å². The predicted molar refractivity (Wildman–Crippen MR) is 66.7 cm³/mol. The third-order valence-corrected chi connectivity index (χ3v) is 3.40. The number of carbonyl (C=O) groups excluding carboxylic acids is 1. The van der Waals surface area contributed by atoms with Gasteiger partial charge in [-0.25, -0.2) is 0 Å². The van der Waals surface area contributed by atoms with E-state index in [1.165, 1.54) is 13.0 Å². The molecule has 0 aliphatic carbocycles. The fourth-order valence-corrected chi connectivity index (χ4v) is 2.29. The summed E-state index contributed by atoms with van der Waals surface area (Å²) >= 11 is 0. The Kier molecular flexibility index (Phi) is 4.13. The number of ether oxygens (including phenoxy) is 2. The van der Waals surface area contributed by atoms with Gasteiger partial charge in [0, 0.05) is 25.3 Å². The molecule has 1 aromatic carbocycles. The van der Waals surface area contributed by atoms with Gasteiger partial charge in [-0.05, 0) is 12.1 Å². The number of carbonyl (C=O) groups is 1. The van der Waals surface area contributed by atoms with Crippen LogP contribution < -0.4 is 4.74 Å². The van der Waals surface area contributed by atoms with Crippen LogP contribution in [0.25, 0.3) is 0 Å². The van der Waals surface area contributed by atoms with Crippen molar-refractivity contribution < 1.29 is 32.5 Å². The first kappa shape index (κ1) is 15.6. The van der Waals surface area contributed by atoms with Gasteiger partial charge in [-0.15, -0.1) is 0 Å². The van der Waals surface area contributed by atoms with Gasteiger partial charge in [0.05, 0.1) is 24.4 Å². The standard InChI is InChI=1S/C14H15F3O4/c1-9(18)20-6-4-13(19)5-7-21-12-8-10(14(15,16)17)2-3-11(12)13/h2-3,8,19H,4-7H2,1H3. The van der Waals surface area contributed by atoms with Crippen LogP contribution >= 0.6 is 0 Å². The van der Waals surface area contributed by atoms with Crippen LogP contribution in [-0.2, 0) is 21.3 Å². The maximum absolute atomic E-state index is 12.7. The number of fused-ring (bicyclic) bond motifs is 1. The Morgan fingerprint density at radius 3 is 2.81 bits per heavy atom. The lowest BCUT2D eigenvalue weighted by Gasteiger charge is -2.34. The summed E-state index contributed by atoms with van der Waals surface area (Å²) in [7, 11) is 0. The molecule has 7 heteroatoms. The Balaban J connectivity index is 2.24. The molecule has 0 spiro atoms. The second-order valence-corrected chi connectivity index (χ2v) is 4.93. The maximum Gasteiger partial charge on any atom is 0.416 e. The first-order valence-electron chi connectivity index (χ1n) is 6.43. The summed E-state index contributed by atoms with van der Waals surface area (Å²) in [5.41, 5.74) is -1.90. The molecule has 0 radical (unpaired) electrons. The summed E-state index contributed by atoms with van der Waals surface area (Å²) in [6.07, 6.45) is -4.13. The normalized spacial score (nSPS) is 21.4. The Bertz CT molecular complexity index is 542. The molecule has 2 rings (SSSR count). The molecule has 1 aliphatic rings. The average molecular weight is 304 g/mol. The van der Waals surface area contributed by atoms with E-state index >= 15 is 0 Å². The summed E-state index contributed by atoms with van der Waals surface area (Å²) in [4.78, 5) is 10.7. The van der Waals surface area contributed by atoms with Crippen LogP contribution in [0.5, 0.6) is 5.75 Å². The summed E-state index contributed by atoms with van der Waals surface area (Å²) in [6.45, 7) is 1.34. The summed E-state index contributed by atoms with van der Waals surface area (Å²) in [5, 5.41) is 10.6. The molecule has 4 nitrogen and oxygen atoms in total. The molecule has 1 atom stereocenters. The van der Waals surface area contributed by atoms with E-state index in [0.717, 1.165) is 12.1 Å². The molecule has 1 heterocycles. The van der Waals surface area contributed by atoms with Crippen LogP contribution in [0.3, 0.4) is 0 Å². The van der Waals surface area contributed by atoms with Gasteiger partial charge in [0.2, 0.25) is 0 Å². The lowest BCUT2D eigenvalue weighted by atomic mass is 9.85. The van der Waals surface area contributed by atoms with Crippen LogP contribution in [0.4, 0.5) is 13.2 Å². The van der Waals surface area contributed by atoms with Gasteiger partial charge in [0.25, 0.3) is 0 Å². The van der Waals surface area contributed by atoms with Crippen molar-refractivity contribution in [2.24, 2.45) is 0 Å². The highest BCUT2D eigenvalue weighted by molar-refractivity contribution is 5.65. The number of alkyl halides is 3. The number of esters is 1. The highest BCUT2D eigenvalue weighted by Crippen LogP contribution is 2.42. The minimum absolute atomic E-state index is 0.00764. The van der Waals surface area contributed by atoms with Gasteiger partial charge in [0.1, 0.15) is 5.75 Å². The number of hydrogen-bond acceptors (Lipinski definition) is 4. The molecule has 0 fully saturated rings. The van der Waals surface area contributed by atoms with Crippen molar-refractivity contribution in [2.75, 3.05) is 13.2 Å². The Hall–Kier alpha value is -1.76. The molecule has 0 aromatic heterocycles. The Morgan fingerprint density at radius 1 is 1.48 bits per heavy atom. The van der Waals surface area contributed by atoms with Crippen molar-refractivity contribution in [1.82, 2.24) is 0 Å². The third-order valence-electron chi connectivity index (χ3n) is 3.40. The van der Waals surface area contributed by atoms with Gasteiger partial charge in [-0.1, -0.05) is 6.07 Å². The molecule has 1 aliphatic heterocycles. The van der Waals surface area contributed by atoms with E-state index in [4.69, 9.17) is 9.47 Å². The van der Waals surface area contributed by atoms with Crippen molar-refractivity contribution >= 4 is 5.97 Å². The number of aliphatic hydroxyl groups is 1. The molecule has 0 saturated heterocycles. The minimum Gasteiger partial charge on any atom is -0.493 e. The zero-order valence-electron chi connectivity index (χ0n) is 11.4. The molecular weight excluding hydrogens is 289 g/mol. The van der Waals surface area contributed by atoms with Crippen molar-refractivity contribution in [1.29, 1.82) is 0 Å². The van der Waals surface area contributed by atoms with E-state index in [0.29, 0.717) is 0 Å². The second-order valence-electron chi connectivity index (χ2n) is 4.93. The lowest BCUT2D eigenvalue weighted by Crippen LogP contribution is -2.34. The number of hydrogen-bond donors (Lipinski definition) is 1. The molecular formula is C14H15F3O4. The van der Waals surface area contributed by atoms with Crippen molar-refractivity contribution in [3.8, 4) is 5.75 Å². The van der Waals surface area contributed by atoms with Crippen LogP contribution in [0, 0.1) is 0 Å². The smallest absolute Gasteiger partial charge is 0.416 e. The fourth-order valence-electron chi connectivity index (χ4n) is 2.29. The van der Waals surface area contributed by atoms with Crippen molar-refractivity contribution in [3.63, 3.8) is 0 Å². The highest BCUT2D eigenvalue weighted by Gasteiger charge is 2.38. The SMILES string of the molecule is CC(=O)OCCC1(O)CCOc2cc(C(F)(F)F)ccc21. The van der Waals surface area contributed by atoms with E-state index in [9.17, 15) is 23.1 Å². The summed E-state index contributed by atoms with van der Waals surface area (Å²) < 4.78 is 48.0. The van der Waals surface area contributed by atoms with Crippen molar-refractivity contribution in [2.45, 2.75) is 31.5 Å². The quantitative estimate of drug-likeness (QED) is 0.872. The Morgan fingerprint density at radius 2 is 2.19 bits per heavy atom. The molecule has 21 heavy (non-hydrogen) atoms. The monoisotopic (exact) mass is 304 g/mol. The molecule has 0 amide bonds.